The van der Waals surface area contributed by atoms with E-state index >= 15 is 0 Å². The molecule has 0 fully saturated rings. The fourth-order valence-electron chi connectivity index (χ4n) is 2.10. The second-order valence-corrected chi connectivity index (χ2v) is 5.50. The largest absolute Gasteiger partial charge is 0.497 e. The van der Waals surface area contributed by atoms with Gasteiger partial charge >= 0.3 is 5.97 Å². The van der Waals surface area contributed by atoms with E-state index in [4.69, 9.17) is 21.1 Å². The molecule has 2 rings (SSSR count). The fraction of sp³-hybridized carbons (Fsp3) is 0.176. The lowest BCUT2D eigenvalue weighted by molar-refractivity contribution is -0.385. The third kappa shape index (κ3) is 4.33. The summed E-state index contributed by atoms with van der Waals surface area (Å²) in [6.45, 7) is 1.39. The fourth-order valence-corrected chi connectivity index (χ4v) is 2.27. The van der Waals surface area contributed by atoms with Gasteiger partial charge in [0.2, 0.25) is 5.78 Å². The van der Waals surface area contributed by atoms with Gasteiger partial charge in [-0.25, -0.2) is 4.79 Å². The summed E-state index contributed by atoms with van der Waals surface area (Å²) in [6.07, 6.45) is -1.13. The van der Waals surface area contributed by atoms with Crippen LogP contribution in [0.4, 0.5) is 5.69 Å². The monoisotopic (exact) mass is 363 g/mol. The van der Waals surface area contributed by atoms with E-state index in [-0.39, 0.29) is 10.6 Å². The van der Waals surface area contributed by atoms with Crippen molar-refractivity contribution in [1.29, 1.82) is 0 Å². The molecule has 0 heterocycles. The molecule has 8 heteroatoms. The summed E-state index contributed by atoms with van der Waals surface area (Å²) < 4.78 is 10.1. The molecule has 0 saturated heterocycles. The van der Waals surface area contributed by atoms with Crippen molar-refractivity contribution in [3.63, 3.8) is 0 Å². The van der Waals surface area contributed by atoms with Crippen LogP contribution in [0, 0.1) is 10.1 Å². The Hall–Kier alpha value is -2.93. The SMILES string of the molecule is COc1ccc(C(=O)[C@@H](C)OC(=O)c2cc(Cl)ccc2[N+](=O)[O-])cc1. The number of ketones is 1. The maximum Gasteiger partial charge on any atom is 0.345 e. The molecule has 2 aromatic carbocycles. The molecular weight excluding hydrogens is 350 g/mol. The zero-order valence-corrected chi connectivity index (χ0v) is 14.1. The maximum absolute atomic E-state index is 12.3. The van der Waals surface area contributed by atoms with Crippen molar-refractivity contribution in [2.24, 2.45) is 0 Å². The topological polar surface area (TPSA) is 95.7 Å². The zero-order chi connectivity index (χ0) is 18.6. The Morgan fingerprint density at radius 1 is 1.16 bits per heavy atom. The van der Waals surface area contributed by atoms with E-state index in [9.17, 15) is 19.7 Å². The van der Waals surface area contributed by atoms with Crippen LogP contribution in [0.2, 0.25) is 5.02 Å². The number of nitro benzene ring substituents is 1. The van der Waals surface area contributed by atoms with Crippen LogP contribution in [0.15, 0.2) is 42.5 Å². The molecule has 0 unspecified atom stereocenters. The predicted molar refractivity (Wildman–Crippen MR) is 90.3 cm³/mol. The number of halogens is 1. The van der Waals surface area contributed by atoms with Crippen molar-refractivity contribution in [1.82, 2.24) is 0 Å². The van der Waals surface area contributed by atoms with E-state index in [2.05, 4.69) is 0 Å². The molecule has 0 aliphatic heterocycles. The van der Waals surface area contributed by atoms with Gasteiger partial charge in [-0.1, -0.05) is 11.6 Å². The van der Waals surface area contributed by atoms with Crippen molar-refractivity contribution < 1.29 is 24.0 Å². The van der Waals surface area contributed by atoms with Crippen LogP contribution in [-0.2, 0) is 4.74 Å². The number of carbonyl (C=O) groups excluding carboxylic acids is 2. The third-order valence-electron chi connectivity index (χ3n) is 3.40. The first-order chi connectivity index (χ1) is 11.8. The Bertz CT molecular complexity index is 818. The number of methoxy groups -OCH3 is 1. The molecule has 0 amide bonds. The molecule has 0 N–H and O–H groups in total. The standard InChI is InChI=1S/C17H14ClNO6/c1-10(16(20)11-3-6-13(24-2)7-4-11)25-17(21)14-9-12(18)5-8-15(14)19(22)23/h3-10H,1-2H3/t10-/m1/s1. The van der Waals surface area contributed by atoms with Gasteiger partial charge in [0.25, 0.3) is 5.69 Å². The number of hydrogen-bond acceptors (Lipinski definition) is 6. The number of esters is 1. The number of nitrogens with zero attached hydrogens (tertiary/aromatic N) is 1. The van der Waals surface area contributed by atoms with Gasteiger partial charge in [-0.15, -0.1) is 0 Å². The lowest BCUT2D eigenvalue weighted by Crippen LogP contribution is -2.24. The van der Waals surface area contributed by atoms with Crippen molar-refractivity contribution >= 4 is 29.0 Å². The van der Waals surface area contributed by atoms with Crippen LogP contribution < -0.4 is 4.74 Å². The van der Waals surface area contributed by atoms with Gasteiger partial charge in [-0.3, -0.25) is 14.9 Å². The minimum absolute atomic E-state index is 0.145. The highest BCUT2D eigenvalue weighted by atomic mass is 35.5. The molecule has 130 valence electrons. The first-order valence-electron chi connectivity index (χ1n) is 7.16. The summed E-state index contributed by atoms with van der Waals surface area (Å²) in [5.41, 5.74) is -0.438. The molecule has 0 aromatic heterocycles. The average molecular weight is 364 g/mol. The summed E-state index contributed by atoms with van der Waals surface area (Å²) in [5, 5.41) is 11.2. The van der Waals surface area contributed by atoms with E-state index < -0.39 is 28.5 Å². The maximum atomic E-state index is 12.3. The van der Waals surface area contributed by atoms with E-state index in [1.165, 1.54) is 32.2 Å². The normalized spacial score (nSPS) is 11.5. The summed E-state index contributed by atoms with van der Waals surface area (Å²) >= 11 is 5.78. The lowest BCUT2D eigenvalue weighted by Gasteiger charge is -2.13. The quantitative estimate of drug-likeness (QED) is 0.336. The van der Waals surface area contributed by atoms with E-state index in [1.807, 2.05) is 0 Å². The number of nitro groups is 1. The van der Waals surface area contributed by atoms with Gasteiger partial charge in [-0.2, -0.15) is 0 Å². The Morgan fingerprint density at radius 3 is 2.36 bits per heavy atom. The van der Waals surface area contributed by atoms with Crippen LogP contribution in [0.5, 0.6) is 5.75 Å². The number of carbonyl (C=O) groups is 2. The molecule has 0 bridgehead atoms. The molecule has 0 spiro atoms. The highest BCUT2D eigenvalue weighted by Crippen LogP contribution is 2.24. The van der Waals surface area contributed by atoms with Crippen molar-refractivity contribution in [3.05, 3.63) is 68.7 Å². The molecule has 0 radical (unpaired) electrons. The van der Waals surface area contributed by atoms with Crippen molar-refractivity contribution in [2.45, 2.75) is 13.0 Å². The van der Waals surface area contributed by atoms with Crippen molar-refractivity contribution in [3.8, 4) is 5.75 Å². The molecule has 1 atom stereocenters. The van der Waals surface area contributed by atoms with Gasteiger partial charge in [-0.05, 0) is 43.3 Å². The summed E-state index contributed by atoms with van der Waals surface area (Å²) in [6, 6.07) is 9.80. The minimum Gasteiger partial charge on any atom is -0.497 e. The smallest absolute Gasteiger partial charge is 0.345 e. The van der Waals surface area contributed by atoms with Crippen LogP contribution in [-0.4, -0.2) is 29.9 Å². The molecule has 0 aliphatic carbocycles. The molecule has 25 heavy (non-hydrogen) atoms. The summed E-state index contributed by atoms with van der Waals surface area (Å²) in [5.74, 6) is -0.861. The van der Waals surface area contributed by atoms with Gasteiger partial charge in [0.1, 0.15) is 11.3 Å². The van der Waals surface area contributed by atoms with E-state index in [0.29, 0.717) is 11.3 Å². The first-order valence-corrected chi connectivity index (χ1v) is 7.54. The first kappa shape index (κ1) is 18.4. The zero-order valence-electron chi connectivity index (χ0n) is 13.4. The summed E-state index contributed by atoms with van der Waals surface area (Å²) in [7, 11) is 1.50. The minimum atomic E-state index is -1.13. The molecule has 0 saturated carbocycles. The molecular formula is C17H14ClNO6. The molecule has 2 aromatic rings. The van der Waals surface area contributed by atoms with E-state index in [1.54, 1.807) is 12.1 Å². The van der Waals surface area contributed by atoms with Crippen LogP contribution in [0.1, 0.15) is 27.6 Å². The van der Waals surface area contributed by atoms with Crippen molar-refractivity contribution in [2.75, 3.05) is 7.11 Å². The number of Topliss-reactive ketones (excluding diaryl/α,β-unsaturated/α-hetero) is 1. The highest BCUT2D eigenvalue weighted by molar-refractivity contribution is 6.31. The highest BCUT2D eigenvalue weighted by Gasteiger charge is 2.26. The third-order valence-corrected chi connectivity index (χ3v) is 3.64. The number of ether oxygens (including phenoxy) is 2. The average Bonchev–Trinajstić information content (AvgIpc) is 2.60. The van der Waals surface area contributed by atoms with Gasteiger partial charge < -0.3 is 9.47 Å². The Kier molecular flexibility index (Phi) is 5.71. The number of hydrogen-bond donors (Lipinski definition) is 0. The Balaban J connectivity index is 2.18. The lowest BCUT2D eigenvalue weighted by atomic mass is 10.1. The second kappa shape index (κ2) is 7.76. The Morgan fingerprint density at radius 2 is 1.80 bits per heavy atom. The van der Waals surface area contributed by atoms with Crippen LogP contribution >= 0.6 is 11.6 Å². The molecule has 7 nitrogen and oxygen atoms in total. The molecule has 0 aliphatic rings. The Labute approximate surface area is 148 Å². The number of benzene rings is 2. The van der Waals surface area contributed by atoms with E-state index in [0.717, 1.165) is 12.1 Å². The second-order valence-electron chi connectivity index (χ2n) is 5.06. The van der Waals surface area contributed by atoms with Crippen LogP contribution in [0.25, 0.3) is 0 Å². The summed E-state index contributed by atoms with van der Waals surface area (Å²) in [4.78, 5) is 34.8. The van der Waals surface area contributed by atoms with Gasteiger partial charge in [0.05, 0.1) is 12.0 Å². The number of rotatable bonds is 6. The van der Waals surface area contributed by atoms with Crippen LogP contribution in [0.3, 0.4) is 0 Å². The predicted octanol–water partition coefficient (Wildman–Crippen LogP) is 3.69. The van der Waals surface area contributed by atoms with Gasteiger partial charge in [0.15, 0.2) is 6.10 Å². The van der Waals surface area contributed by atoms with Gasteiger partial charge in [0, 0.05) is 16.7 Å².